The number of H-pyrrole nitrogens is 1. The molecule has 0 radical (unpaired) electrons. The average Bonchev–Trinajstić information content (AvgIpc) is 2.73. The van der Waals surface area contributed by atoms with Crippen molar-refractivity contribution in [1.29, 1.82) is 0 Å². The Morgan fingerprint density at radius 2 is 2.10 bits per heavy atom. The molecule has 0 saturated heterocycles. The van der Waals surface area contributed by atoms with Gasteiger partial charge in [-0.15, -0.1) is 0 Å². The molecule has 1 amide bonds. The molecule has 2 N–H and O–H groups in total. The van der Waals surface area contributed by atoms with Crippen molar-refractivity contribution in [3.05, 3.63) is 40.2 Å². The van der Waals surface area contributed by atoms with Crippen LogP contribution in [0, 0.1) is 6.92 Å². The molecular formula is C13H16N3O3S+. The number of aryl methyl sites for hydroxylation is 2. The molecule has 6 nitrogen and oxygen atoms in total. The Morgan fingerprint density at radius 3 is 2.70 bits per heavy atom. The molecule has 0 unspecified atom stereocenters. The first-order valence-corrected chi connectivity index (χ1v) is 7.11. The molecule has 2 rings (SSSR count). The highest BCUT2D eigenvalue weighted by atomic mass is 32.2. The lowest BCUT2D eigenvalue weighted by atomic mass is 10.2. The van der Waals surface area contributed by atoms with Crippen molar-refractivity contribution >= 4 is 23.4 Å². The molecule has 0 spiro atoms. The second-order valence-electron chi connectivity index (χ2n) is 4.36. The van der Waals surface area contributed by atoms with Crippen LogP contribution in [0.2, 0.25) is 0 Å². The van der Waals surface area contributed by atoms with Gasteiger partial charge in [0.05, 0.1) is 0 Å². The largest absolute Gasteiger partial charge is 0.441 e. The normalized spacial score (nSPS) is 10.5. The number of rotatable bonds is 5. The number of thioether (sulfide) groups is 1. The van der Waals surface area contributed by atoms with Gasteiger partial charge in [0, 0.05) is 17.9 Å². The van der Waals surface area contributed by atoms with Gasteiger partial charge in [0.2, 0.25) is 5.91 Å². The summed E-state index contributed by atoms with van der Waals surface area (Å²) in [5, 5.41) is 5.69. The van der Waals surface area contributed by atoms with Crippen LogP contribution in [-0.4, -0.2) is 16.9 Å². The molecule has 0 aliphatic rings. The molecule has 0 aliphatic carbocycles. The summed E-state index contributed by atoms with van der Waals surface area (Å²) in [7, 11) is 1.68. The molecule has 1 aromatic heterocycles. The number of hydrogen-bond acceptors (Lipinski definition) is 4. The summed E-state index contributed by atoms with van der Waals surface area (Å²) in [6.07, 6.45) is 0.323. The van der Waals surface area contributed by atoms with Crippen molar-refractivity contribution in [2.24, 2.45) is 7.05 Å². The number of carbonyl (C=O) groups is 1. The van der Waals surface area contributed by atoms with Crippen LogP contribution in [0.4, 0.5) is 5.69 Å². The molecule has 0 aliphatic heterocycles. The van der Waals surface area contributed by atoms with E-state index in [9.17, 15) is 9.59 Å². The molecule has 20 heavy (non-hydrogen) atoms. The van der Waals surface area contributed by atoms with Gasteiger partial charge in [0.1, 0.15) is 0 Å². The standard InChI is InChI=1S/C13H15N3O3S/c1-9-3-5-10(6-4-9)14-11(17)7-8-20-12-13(18)19-15-16(12)2/h3-6H,7-8H2,1-2H3,(H-,14,15,17,18)/p+1. The summed E-state index contributed by atoms with van der Waals surface area (Å²) in [6, 6.07) is 7.60. The number of carbonyl (C=O) groups excluding carboxylic acids is 1. The second-order valence-corrected chi connectivity index (χ2v) is 5.44. The number of nitrogens with one attached hydrogen (secondary N) is 2. The summed E-state index contributed by atoms with van der Waals surface area (Å²) in [6.45, 7) is 1.99. The summed E-state index contributed by atoms with van der Waals surface area (Å²) in [5.74, 6) is 0.428. The van der Waals surface area contributed by atoms with Gasteiger partial charge >= 0.3 is 10.7 Å². The fourth-order valence-electron chi connectivity index (χ4n) is 1.59. The Kier molecular flexibility index (Phi) is 4.62. The van der Waals surface area contributed by atoms with E-state index in [1.165, 1.54) is 16.4 Å². The molecular weight excluding hydrogens is 278 g/mol. The minimum absolute atomic E-state index is 0.0797. The minimum Gasteiger partial charge on any atom is -0.326 e. The molecule has 7 heteroatoms. The van der Waals surface area contributed by atoms with Gasteiger partial charge in [-0.2, -0.15) is 0 Å². The van der Waals surface area contributed by atoms with Crippen molar-refractivity contribution in [2.75, 3.05) is 11.1 Å². The number of nitrogens with zero attached hydrogens (tertiary/aromatic N) is 1. The van der Waals surface area contributed by atoms with Crippen LogP contribution in [-0.2, 0) is 11.8 Å². The van der Waals surface area contributed by atoms with Gasteiger partial charge in [0.25, 0.3) is 0 Å². The van der Waals surface area contributed by atoms with E-state index in [-0.39, 0.29) is 5.91 Å². The Labute approximate surface area is 120 Å². The highest BCUT2D eigenvalue weighted by molar-refractivity contribution is 7.99. The van der Waals surface area contributed by atoms with E-state index < -0.39 is 5.63 Å². The number of aromatic amines is 1. The third-order valence-electron chi connectivity index (χ3n) is 2.66. The van der Waals surface area contributed by atoms with Crippen molar-refractivity contribution in [3.63, 3.8) is 0 Å². The lowest BCUT2D eigenvalue weighted by Gasteiger charge is -2.04. The van der Waals surface area contributed by atoms with E-state index in [2.05, 4.69) is 15.1 Å². The van der Waals surface area contributed by atoms with Crippen LogP contribution in [0.1, 0.15) is 12.0 Å². The van der Waals surface area contributed by atoms with E-state index in [0.29, 0.717) is 17.2 Å². The monoisotopic (exact) mass is 294 g/mol. The van der Waals surface area contributed by atoms with Crippen molar-refractivity contribution in [3.8, 4) is 0 Å². The zero-order chi connectivity index (χ0) is 14.5. The van der Waals surface area contributed by atoms with Crippen LogP contribution >= 0.6 is 11.8 Å². The van der Waals surface area contributed by atoms with E-state index in [0.717, 1.165) is 11.3 Å². The average molecular weight is 294 g/mol. The molecule has 0 atom stereocenters. The number of amides is 1. The highest BCUT2D eigenvalue weighted by Gasteiger charge is 2.17. The van der Waals surface area contributed by atoms with Gasteiger partial charge in [-0.1, -0.05) is 22.4 Å². The quantitative estimate of drug-likeness (QED) is 0.642. The number of hydrogen-bond donors (Lipinski definition) is 2. The van der Waals surface area contributed by atoms with Crippen molar-refractivity contribution < 1.29 is 14.0 Å². The lowest BCUT2D eigenvalue weighted by Crippen LogP contribution is -2.33. The molecule has 1 aromatic carbocycles. The van der Waals surface area contributed by atoms with E-state index in [1.807, 2.05) is 31.2 Å². The fourth-order valence-corrected chi connectivity index (χ4v) is 2.46. The molecule has 106 valence electrons. The lowest BCUT2D eigenvalue weighted by molar-refractivity contribution is -0.772. The van der Waals surface area contributed by atoms with Gasteiger partial charge in [0.15, 0.2) is 7.05 Å². The molecule has 2 aromatic rings. The van der Waals surface area contributed by atoms with Crippen LogP contribution < -0.4 is 15.6 Å². The molecule has 0 fully saturated rings. The third-order valence-corrected chi connectivity index (χ3v) is 3.78. The summed E-state index contributed by atoms with van der Waals surface area (Å²) in [5.41, 5.74) is 1.50. The highest BCUT2D eigenvalue weighted by Crippen LogP contribution is 2.12. The van der Waals surface area contributed by atoms with Crippen LogP contribution in [0.5, 0.6) is 0 Å². The van der Waals surface area contributed by atoms with E-state index >= 15 is 0 Å². The zero-order valence-corrected chi connectivity index (χ0v) is 12.1. The third kappa shape index (κ3) is 3.74. The van der Waals surface area contributed by atoms with Crippen LogP contribution in [0.25, 0.3) is 0 Å². The maximum Gasteiger partial charge on any atom is 0.441 e. The zero-order valence-electron chi connectivity index (χ0n) is 11.3. The van der Waals surface area contributed by atoms with Gasteiger partial charge in [-0.25, -0.2) is 4.79 Å². The molecule has 1 heterocycles. The second kappa shape index (κ2) is 6.42. The minimum atomic E-state index is -0.420. The summed E-state index contributed by atoms with van der Waals surface area (Å²) >= 11 is 1.29. The summed E-state index contributed by atoms with van der Waals surface area (Å²) in [4.78, 5) is 23.1. The summed E-state index contributed by atoms with van der Waals surface area (Å²) < 4.78 is 6.11. The Hall–Kier alpha value is -2.02. The van der Waals surface area contributed by atoms with Gasteiger partial charge in [-0.05, 0) is 36.1 Å². The smallest absolute Gasteiger partial charge is 0.326 e. The number of benzene rings is 1. The van der Waals surface area contributed by atoms with E-state index in [4.69, 9.17) is 0 Å². The van der Waals surface area contributed by atoms with Crippen molar-refractivity contribution in [2.45, 2.75) is 18.4 Å². The maximum atomic E-state index is 11.8. The Bertz CT molecular complexity index is 646. The van der Waals surface area contributed by atoms with Crippen molar-refractivity contribution in [1.82, 2.24) is 5.27 Å². The first-order valence-electron chi connectivity index (χ1n) is 6.13. The number of anilines is 1. The predicted molar refractivity (Wildman–Crippen MR) is 75.7 cm³/mol. The van der Waals surface area contributed by atoms with E-state index in [1.54, 1.807) is 7.05 Å². The van der Waals surface area contributed by atoms with Gasteiger partial charge < -0.3 is 5.32 Å². The fraction of sp³-hybridized carbons (Fsp3) is 0.308. The Balaban J connectivity index is 1.81. The first kappa shape index (κ1) is 14.4. The van der Waals surface area contributed by atoms with Crippen LogP contribution in [0.3, 0.4) is 0 Å². The number of aromatic nitrogens is 2. The first-order chi connectivity index (χ1) is 9.56. The van der Waals surface area contributed by atoms with Gasteiger partial charge in [-0.3, -0.25) is 9.32 Å². The predicted octanol–water partition coefficient (Wildman–Crippen LogP) is 1.22. The topological polar surface area (TPSA) is 79.0 Å². The maximum absolute atomic E-state index is 11.8. The Morgan fingerprint density at radius 1 is 1.40 bits per heavy atom. The van der Waals surface area contributed by atoms with Crippen LogP contribution in [0.15, 0.2) is 38.6 Å². The molecule has 0 saturated carbocycles. The SMILES string of the molecule is Cc1ccc(NC(=O)CCSc2c(=O)o[nH][n+]2C)cc1. The molecule has 0 bridgehead atoms.